The van der Waals surface area contributed by atoms with Crippen molar-refractivity contribution in [3.8, 4) is 5.75 Å². The summed E-state index contributed by atoms with van der Waals surface area (Å²) in [6, 6.07) is 14.2. The second-order valence-corrected chi connectivity index (χ2v) is 8.64. The topological polar surface area (TPSA) is 58.6 Å². The van der Waals surface area contributed by atoms with Gasteiger partial charge in [0.1, 0.15) is 11.8 Å². The van der Waals surface area contributed by atoms with Gasteiger partial charge in [-0.15, -0.1) is 0 Å². The smallest absolute Gasteiger partial charge is 0.261 e. The van der Waals surface area contributed by atoms with E-state index >= 15 is 0 Å². The Morgan fingerprint density at radius 3 is 2.37 bits per heavy atom. The van der Waals surface area contributed by atoms with Crippen LogP contribution in [0.1, 0.15) is 38.7 Å². The van der Waals surface area contributed by atoms with Gasteiger partial charge in [0, 0.05) is 21.7 Å². The molecule has 2 aromatic carbocycles. The summed E-state index contributed by atoms with van der Waals surface area (Å²) in [5.41, 5.74) is 0.904. The maximum Gasteiger partial charge on any atom is 0.261 e. The van der Waals surface area contributed by atoms with Gasteiger partial charge in [-0.3, -0.25) is 9.59 Å². The van der Waals surface area contributed by atoms with E-state index in [1.807, 2.05) is 43.3 Å². The van der Waals surface area contributed by atoms with Gasteiger partial charge in [0.2, 0.25) is 5.91 Å². The Balaban J connectivity index is 2.15. The van der Waals surface area contributed by atoms with Crippen molar-refractivity contribution in [3.05, 3.63) is 62.7 Å². The standard InChI is InChI=1S/C23H28ClIN2O3/c1-3-5-14-26-23(29)21(4-2)27(15-17-6-8-18(24)9-7-17)22(28)16-30-20-12-10-19(25)11-13-20/h6-13,21H,3-5,14-16H2,1-2H3,(H,26,29)/t21-/m0/s1. The highest BCUT2D eigenvalue weighted by atomic mass is 127. The third-order valence-corrected chi connectivity index (χ3v) is 5.63. The summed E-state index contributed by atoms with van der Waals surface area (Å²) in [6.07, 6.45) is 2.42. The largest absolute Gasteiger partial charge is 0.484 e. The van der Waals surface area contributed by atoms with Crippen LogP contribution < -0.4 is 10.1 Å². The molecule has 0 unspecified atom stereocenters. The van der Waals surface area contributed by atoms with Crippen LogP contribution in [-0.4, -0.2) is 35.9 Å². The fourth-order valence-electron chi connectivity index (χ4n) is 2.97. The number of ether oxygens (including phenoxy) is 1. The van der Waals surface area contributed by atoms with Gasteiger partial charge in [-0.2, -0.15) is 0 Å². The number of halogens is 2. The average molecular weight is 543 g/mol. The number of carbonyl (C=O) groups excluding carboxylic acids is 2. The molecular formula is C23H28ClIN2O3. The lowest BCUT2D eigenvalue weighted by atomic mass is 10.1. The molecule has 2 rings (SSSR count). The number of carbonyl (C=O) groups is 2. The van der Waals surface area contributed by atoms with Crippen LogP contribution in [-0.2, 0) is 16.1 Å². The van der Waals surface area contributed by atoms with Crippen molar-refractivity contribution in [2.75, 3.05) is 13.2 Å². The quantitative estimate of drug-likeness (QED) is 0.319. The van der Waals surface area contributed by atoms with E-state index in [-0.39, 0.29) is 18.4 Å². The number of rotatable bonds is 11. The Morgan fingerprint density at radius 2 is 1.77 bits per heavy atom. The molecule has 0 fully saturated rings. The van der Waals surface area contributed by atoms with Crippen molar-refractivity contribution in [1.29, 1.82) is 0 Å². The van der Waals surface area contributed by atoms with Gasteiger partial charge in [0.15, 0.2) is 6.61 Å². The second kappa shape index (κ2) is 12.8. The van der Waals surface area contributed by atoms with Crippen LogP contribution >= 0.6 is 34.2 Å². The minimum absolute atomic E-state index is 0.132. The molecule has 1 N–H and O–H groups in total. The summed E-state index contributed by atoms with van der Waals surface area (Å²) in [5, 5.41) is 3.58. The normalized spacial score (nSPS) is 11.6. The molecule has 162 valence electrons. The number of amides is 2. The molecule has 0 saturated carbocycles. The van der Waals surface area contributed by atoms with Crippen LogP contribution in [0.5, 0.6) is 5.75 Å². The molecule has 0 radical (unpaired) electrons. The summed E-state index contributed by atoms with van der Waals surface area (Å²) < 4.78 is 6.77. The Labute approximate surface area is 197 Å². The van der Waals surface area contributed by atoms with Crippen molar-refractivity contribution in [2.45, 2.75) is 45.7 Å². The van der Waals surface area contributed by atoms with Gasteiger partial charge in [-0.25, -0.2) is 0 Å². The van der Waals surface area contributed by atoms with Crippen LogP contribution in [0.3, 0.4) is 0 Å². The molecule has 0 spiro atoms. The van der Waals surface area contributed by atoms with Gasteiger partial charge >= 0.3 is 0 Å². The molecule has 30 heavy (non-hydrogen) atoms. The minimum Gasteiger partial charge on any atom is -0.484 e. The Kier molecular flexibility index (Phi) is 10.4. The van der Waals surface area contributed by atoms with Crippen molar-refractivity contribution in [1.82, 2.24) is 10.2 Å². The molecule has 1 atom stereocenters. The first-order valence-corrected chi connectivity index (χ1v) is 11.6. The molecule has 2 amide bonds. The lowest BCUT2D eigenvalue weighted by molar-refractivity contribution is -0.143. The van der Waals surface area contributed by atoms with Crippen molar-refractivity contribution >= 4 is 46.0 Å². The molecule has 7 heteroatoms. The van der Waals surface area contributed by atoms with E-state index in [9.17, 15) is 9.59 Å². The molecule has 0 aromatic heterocycles. The maximum absolute atomic E-state index is 13.1. The van der Waals surface area contributed by atoms with Crippen LogP contribution in [0.2, 0.25) is 5.02 Å². The van der Waals surface area contributed by atoms with Gasteiger partial charge in [0.25, 0.3) is 5.91 Å². The molecule has 0 saturated heterocycles. The number of hydrogen-bond donors (Lipinski definition) is 1. The molecule has 0 heterocycles. The fourth-order valence-corrected chi connectivity index (χ4v) is 3.46. The first-order valence-electron chi connectivity index (χ1n) is 10.1. The molecule has 0 aliphatic heterocycles. The van der Waals surface area contributed by atoms with Crippen LogP contribution in [0.4, 0.5) is 0 Å². The summed E-state index contributed by atoms with van der Waals surface area (Å²) >= 11 is 8.20. The van der Waals surface area contributed by atoms with E-state index in [0.717, 1.165) is 22.0 Å². The lowest BCUT2D eigenvalue weighted by Gasteiger charge is -2.30. The zero-order valence-electron chi connectivity index (χ0n) is 17.4. The van der Waals surface area contributed by atoms with Crippen molar-refractivity contribution in [3.63, 3.8) is 0 Å². The molecule has 0 aliphatic carbocycles. The Bertz CT molecular complexity index is 812. The van der Waals surface area contributed by atoms with E-state index in [1.165, 1.54) is 0 Å². The van der Waals surface area contributed by atoms with Gasteiger partial charge < -0.3 is 15.0 Å². The number of benzene rings is 2. The predicted octanol–water partition coefficient (Wildman–Crippen LogP) is 5.05. The zero-order valence-corrected chi connectivity index (χ0v) is 20.3. The van der Waals surface area contributed by atoms with Gasteiger partial charge in [0.05, 0.1) is 0 Å². The Hall–Kier alpha value is -1.80. The zero-order chi connectivity index (χ0) is 21.9. The lowest BCUT2D eigenvalue weighted by Crippen LogP contribution is -2.50. The van der Waals surface area contributed by atoms with Crippen LogP contribution in [0, 0.1) is 3.57 Å². The third-order valence-electron chi connectivity index (χ3n) is 4.66. The molecular weight excluding hydrogens is 515 g/mol. The van der Waals surface area contributed by atoms with E-state index in [2.05, 4.69) is 34.8 Å². The summed E-state index contributed by atoms with van der Waals surface area (Å²) in [5.74, 6) is 0.249. The number of nitrogens with one attached hydrogen (secondary N) is 1. The van der Waals surface area contributed by atoms with E-state index in [0.29, 0.717) is 30.3 Å². The Morgan fingerprint density at radius 1 is 1.10 bits per heavy atom. The van der Waals surface area contributed by atoms with E-state index in [1.54, 1.807) is 17.0 Å². The van der Waals surface area contributed by atoms with Gasteiger partial charge in [-0.05, 0) is 77.4 Å². The molecule has 2 aromatic rings. The summed E-state index contributed by atoms with van der Waals surface area (Å²) in [6.45, 7) is 4.76. The van der Waals surface area contributed by atoms with Crippen LogP contribution in [0.25, 0.3) is 0 Å². The third kappa shape index (κ3) is 7.80. The highest BCUT2D eigenvalue weighted by Crippen LogP contribution is 2.17. The number of hydrogen-bond acceptors (Lipinski definition) is 3. The van der Waals surface area contributed by atoms with E-state index in [4.69, 9.17) is 16.3 Å². The highest BCUT2D eigenvalue weighted by Gasteiger charge is 2.28. The maximum atomic E-state index is 13.1. The molecule has 0 bridgehead atoms. The predicted molar refractivity (Wildman–Crippen MR) is 129 cm³/mol. The first-order chi connectivity index (χ1) is 14.4. The fraction of sp³-hybridized carbons (Fsp3) is 0.391. The summed E-state index contributed by atoms with van der Waals surface area (Å²) in [4.78, 5) is 27.5. The highest BCUT2D eigenvalue weighted by molar-refractivity contribution is 14.1. The first kappa shape index (κ1) is 24.5. The minimum atomic E-state index is -0.564. The SMILES string of the molecule is CCCCNC(=O)[C@H](CC)N(Cc1ccc(Cl)cc1)C(=O)COc1ccc(I)cc1. The number of nitrogens with zero attached hydrogens (tertiary/aromatic N) is 1. The second-order valence-electron chi connectivity index (χ2n) is 6.96. The van der Waals surface area contributed by atoms with Crippen LogP contribution in [0.15, 0.2) is 48.5 Å². The van der Waals surface area contributed by atoms with Crippen molar-refractivity contribution < 1.29 is 14.3 Å². The van der Waals surface area contributed by atoms with E-state index < -0.39 is 6.04 Å². The molecule has 5 nitrogen and oxygen atoms in total. The number of unbranched alkanes of at least 4 members (excludes halogenated alkanes) is 1. The molecule has 0 aliphatic rings. The van der Waals surface area contributed by atoms with Crippen molar-refractivity contribution in [2.24, 2.45) is 0 Å². The monoisotopic (exact) mass is 542 g/mol. The van der Waals surface area contributed by atoms with Gasteiger partial charge in [-0.1, -0.05) is 44.0 Å². The summed E-state index contributed by atoms with van der Waals surface area (Å²) in [7, 11) is 0. The average Bonchev–Trinajstić information content (AvgIpc) is 2.74.